The van der Waals surface area contributed by atoms with Gasteiger partial charge in [-0.2, -0.15) is 0 Å². The SMILES string of the molecule is [CH2]C(=O)O[C@@H]1CC[C@@]2(C)C(=CC[C@H]3[C@@H]4CC[C@H]([C@H](C)CCCC(C)C)[C@@]4(C)CC[C@@H]32)C1. The van der Waals surface area contributed by atoms with Gasteiger partial charge in [0.15, 0.2) is 0 Å². The summed E-state index contributed by atoms with van der Waals surface area (Å²) in [5.41, 5.74) is 2.47. The summed E-state index contributed by atoms with van der Waals surface area (Å²) >= 11 is 0. The highest BCUT2D eigenvalue weighted by Gasteiger charge is 2.59. The van der Waals surface area contributed by atoms with Gasteiger partial charge in [-0.25, -0.2) is 0 Å². The lowest BCUT2D eigenvalue weighted by atomic mass is 9.47. The van der Waals surface area contributed by atoms with E-state index in [1.807, 2.05) is 0 Å². The molecule has 0 bridgehead atoms. The minimum Gasteiger partial charge on any atom is -0.462 e. The van der Waals surface area contributed by atoms with Crippen molar-refractivity contribution in [1.29, 1.82) is 0 Å². The van der Waals surface area contributed by atoms with Crippen molar-refractivity contribution in [2.75, 3.05) is 0 Å². The second-order valence-corrected chi connectivity index (χ2v) is 12.6. The van der Waals surface area contributed by atoms with Gasteiger partial charge in [0.25, 0.3) is 0 Å². The fourth-order valence-electron chi connectivity index (χ4n) is 8.94. The maximum absolute atomic E-state index is 11.4. The Kier molecular flexibility index (Phi) is 6.68. The van der Waals surface area contributed by atoms with E-state index in [9.17, 15) is 4.79 Å². The molecule has 2 nitrogen and oxygen atoms in total. The molecule has 0 aromatic rings. The van der Waals surface area contributed by atoms with Crippen molar-refractivity contribution in [2.45, 2.75) is 111 Å². The number of allylic oxidation sites excluding steroid dienone is 1. The van der Waals surface area contributed by atoms with E-state index in [1.165, 1.54) is 57.8 Å². The highest BCUT2D eigenvalue weighted by atomic mass is 16.5. The number of carbonyl (C=O) groups excluding carboxylic acids is 1. The summed E-state index contributed by atoms with van der Waals surface area (Å²) in [6.07, 6.45) is 17.0. The molecular weight excluding hydrogens is 380 g/mol. The highest BCUT2D eigenvalue weighted by Crippen LogP contribution is 2.67. The van der Waals surface area contributed by atoms with E-state index in [0.29, 0.717) is 10.8 Å². The number of carbonyl (C=O) groups is 1. The van der Waals surface area contributed by atoms with Gasteiger partial charge in [0.05, 0.1) is 6.92 Å². The standard InChI is InChI=1S/C29H47O2/c1-19(2)8-7-9-20(3)25-12-13-26-24-11-10-22-18-23(31-21(4)30)14-16-28(22,5)27(24)15-17-29(25,26)6/h10,19-20,23-27H,4,7-9,11-18H2,1-3,5-6H3/t20-,23-,24+,25-,26+,27+,28+,29-/m1/s1. The molecule has 0 aromatic carbocycles. The quantitative estimate of drug-likeness (QED) is 0.319. The van der Waals surface area contributed by atoms with Crippen LogP contribution in [0.2, 0.25) is 0 Å². The molecule has 0 N–H and O–H groups in total. The third kappa shape index (κ3) is 4.26. The normalized spacial score (nSPS) is 42.9. The topological polar surface area (TPSA) is 26.3 Å². The molecule has 0 spiro atoms. The number of hydrogen-bond donors (Lipinski definition) is 0. The van der Waals surface area contributed by atoms with Gasteiger partial charge in [-0.3, -0.25) is 4.79 Å². The molecule has 0 unspecified atom stereocenters. The van der Waals surface area contributed by atoms with Crippen LogP contribution in [0.25, 0.3) is 0 Å². The van der Waals surface area contributed by atoms with E-state index in [1.54, 1.807) is 5.57 Å². The van der Waals surface area contributed by atoms with Gasteiger partial charge >= 0.3 is 5.97 Å². The molecule has 0 aromatic heterocycles. The Morgan fingerprint density at radius 1 is 1.10 bits per heavy atom. The van der Waals surface area contributed by atoms with Crippen LogP contribution in [0.15, 0.2) is 11.6 Å². The average molecular weight is 428 g/mol. The molecule has 0 heterocycles. The first-order chi connectivity index (χ1) is 14.6. The predicted molar refractivity (Wildman–Crippen MR) is 128 cm³/mol. The van der Waals surface area contributed by atoms with Crippen molar-refractivity contribution < 1.29 is 9.53 Å². The smallest absolute Gasteiger partial charge is 0.306 e. The summed E-state index contributed by atoms with van der Waals surface area (Å²) in [4.78, 5) is 11.4. The van der Waals surface area contributed by atoms with Gasteiger partial charge < -0.3 is 4.74 Å². The third-order valence-corrected chi connectivity index (χ3v) is 10.6. The molecule has 3 saturated carbocycles. The largest absolute Gasteiger partial charge is 0.462 e. The molecule has 1 radical (unpaired) electrons. The maximum atomic E-state index is 11.4. The van der Waals surface area contributed by atoms with Crippen molar-refractivity contribution in [3.05, 3.63) is 18.6 Å². The number of fused-ring (bicyclic) bond motifs is 5. The van der Waals surface area contributed by atoms with Gasteiger partial charge in [0.2, 0.25) is 0 Å². The molecular formula is C29H47O2. The van der Waals surface area contributed by atoms with Gasteiger partial charge in [-0.05, 0) is 91.3 Å². The summed E-state index contributed by atoms with van der Waals surface area (Å²) < 4.78 is 5.50. The Labute approximate surface area is 192 Å². The third-order valence-electron chi connectivity index (χ3n) is 10.6. The lowest BCUT2D eigenvalue weighted by Crippen LogP contribution is -2.51. The van der Waals surface area contributed by atoms with Crippen LogP contribution >= 0.6 is 0 Å². The Morgan fingerprint density at radius 3 is 2.58 bits per heavy atom. The Hall–Kier alpha value is -0.790. The average Bonchev–Trinajstić information content (AvgIpc) is 3.05. The predicted octanol–water partition coefficient (Wildman–Crippen LogP) is 7.77. The number of ether oxygens (including phenoxy) is 1. The first-order valence-electron chi connectivity index (χ1n) is 13.4. The highest BCUT2D eigenvalue weighted by molar-refractivity contribution is 5.73. The fraction of sp³-hybridized carbons (Fsp3) is 0.862. The molecule has 4 aliphatic carbocycles. The van der Waals surface area contributed by atoms with Crippen LogP contribution in [0.4, 0.5) is 0 Å². The minimum absolute atomic E-state index is 0.0530. The summed E-state index contributed by atoms with van der Waals surface area (Å²) in [7, 11) is 0. The number of hydrogen-bond acceptors (Lipinski definition) is 2. The van der Waals surface area contributed by atoms with Crippen molar-refractivity contribution in [3.63, 3.8) is 0 Å². The molecule has 31 heavy (non-hydrogen) atoms. The van der Waals surface area contributed by atoms with Crippen LogP contribution in [-0.2, 0) is 9.53 Å². The van der Waals surface area contributed by atoms with Crippen molar-refractivity contribution in [1.82, 2.24) is 0 Å². The van der Waals surface area contributed by atoms with Gasteiger partial charge in [-0.15, -0.1) is 0 Å². The van der Waals surface area contributed by atoms with Crippen molar-refractivity contribution in [3.8, 4) is 0 Å². The van der Waals surface area contributed by atoms with Gasteiger partial charge in [0.1, 0.15) is 6.10 Å². The van der Waals surface area contributed by atoms with Gasteiger partial charge in [-0.1, -0.05) is 65.5 Å². The Morgan fingerprint density at radius 2 is 1.87 bits per heavy atom. The van der Waals surface area contributed by atoms with Crippen LogP contribution in [0.1, 0.15) is 105 Å². The van der Waals surface area contributed by atoms with Crippen LogP contribution in [0.3, 0.4) is 0 Å². The molecule has 175 valence electrons. The maximum Gasteiger partial charge on any atom is 0.306 e. The van der Waals surface area contributed by atoms with Crippen LogP contribution in [0.5, 0.6) is 0 Å². The fourth-order valence-corrected chi connectivity index (χ4v) is 8.94. The van der Waals surface area contributed by atoms with E-state index in [0.717, 1.165) is 48.3 Å². The van der Waals surface area contributed by atoms with E-state index < -0.39 is 0 Å². The Balaban J connectivity index is 1.47. The van der Waals surface area contributed by atoms with E-state index >= 15 is 0 Å². The Bertz CT molecular complexity index is 693. The molecule has 3 fully saturated rings. The van der Waals surface area contributed by atoms with E-state index in [4.69, 9.17) is 4.74 Å². The summed E-state index contributed by atoms with van der Waals surface area (Å²) in [6.45, 7) is 15.9. The number of rotatable bonds is 6. The van der Waals surface area contributed by atoms with Crippen LogP contribution in [-0.4, -0.2) is 12.1 Å². The lowest BCUT2D eigenvalue weighted by molar-refractivity contribution is -0.145. The zero-order chi connectivity index (χ0) is 22.4. The van der Waals surface area contributed by atoms with E-state index in [2.05, 4.69) is 47.6 Å². The molecule has 0 aliphatic heterocycles. The summed E-state index contributed by atoms with van der Waals surface area (Å²) in [6, 6.07) is 0. The van der Waals surface area contributed by atoms with Crippen molar-refractivity contribution in [2.24, 2.45) is 46.3 Å². The first kappa shape index (κ1) is 23.4. The van der Waals surface area contributed by atoms with Gasteiger partial charge in [0, 0.05) is 6.42 Å². The lowest BCUT2D eigenvalue weighted by Gasteiger charge is -2.58. The molecule has 2 heteroatoms. The molecule has 0 saturated heterocycles. The summed E-state index contributed by atoms with van der Waals surface area (Å²) in [5.74, 6) is 4.89. The van der Waals surface area contributed by atoms with Crippen LogP contribution < -0.4 is 0 Å². The second kappa shape index (κ2) is 8.86. The molecule has 0 amide bonds. The van der Waals surface area contributed by atoms with E-state index in [-0.39, 0.29) is 12.1 Å². The zero-order valence-corrected chi connectivity index (χ0v) is 20.9. The van der Waals surface area contributed by atoms with Crippen molar-refractivity contribution >= 4 is 5.97 Å². The molecule has 4 rings (SSSR count). The number of esters is 1. The second-order valence-electron chi connectivity index (χ2n) is 12.6. The minimum atomic E-state index is -0.365. The summed E-state index contributed by atoms with van der Waals surface area (Å²) in [5, 5.41) is 0. The molecule has 4 aliphatic rings. The monoisotopic (exact) mass is 427 g/mol. The first-order valence-corrected chi connectivity index (χ1v) is 13.4. The van der Waals surface area contributed by atoms with Crippen LogP contribution in [0, 0.1) is 53.3 Å². The zero-order valence-electron chi connectivity index (χ0n) is 20.9. The molecule has 8 atom stereocenters.